The van der Waals surface area contributed by atoms with Gasteiger partial charge in [-0.05, 0) is 31.4 Å². The SMILES string of the molecule is CCC1=CCC(=O)NC(C)=C1C. The second kappa shape index (κ2) is 3.57. The molecule has 1 aliphatic rings. The van der Waals surface area contributed by atoms with Crippen LogP contribution in [0.5, 0.6) is 0 Å². The fraction of sp³-hybridized carbons (Fsp3) is 0.500. The van der Waals surface area contributed by atoms with E-state index in [1.807, 2.05) is 13.0 Å². The largest absolute Gasteiger partial charge is 0.330 e. The predicted octanol–water partition coefficient (Wildman–Crippen LogP) is 2.14. The van der Waals surface area contributed by atoms with E-state index >= 15 is 0 Å². The zero-order valence-electron chi connectivity index (χ0n) is 7.90. The number of nitrogens with one attached hydrogen (secondary N) is 1. The van der Waals surface area contributed by atoms with Crippen LogP contribution in [0.4, 0.5) is 0 Å². The van der Waals surface area contributed by atoms with Crippen molar-refractivity contribution in [1.82, 2.24) is 5.32 Å². The van der Waals surface area contributed by atoms with E-state index in [9.17, 15) is 4.79 Å². The van der Waals surface area contributed by atoms with E-state index in [0.29, 0.717) is 6.42 Å². The number of carbonyl (C=O) groups is 1. The molecule has 0 aliphatic carbocycles. The molecule has 0 aromatic carbocycles. The van der Waals surface area contributed by atoms with E-state index in [0.717, 1.165) is 12.1 Å². The third-order valence-electron chi connectivity index (χ3n) is 2.29. The maximum atomic E-state index is 11.1. The van der Waals surface area contributed by atoms with Crippen LogP contribution in [0, 0.1) is 0 Å². The van der Waals surface area contributed by atoms with Gasteiger partial charge in [-0.3, -0.25) is 4.79 Å². The fourth-order valence-electron chi connectivity index (χ4n) is 1.37. The van der Waals surface area contributed by atoms with Crippen molar-refractivity contribution in [3.63, 3.8) is 0 Å². The number of hydrogen-bond donors (Lipinski definition) is 1. The zero-order valence-corrected chi connectivity index (χ0v) is 7.90. The Morgan fingerprint density at radius 3 is 2.75 bits per heavy atom. The first kappa shape index (κ1) is 9.04. The summed E-state index contributed by atoms with van der Waals surface area (Å²) in [4.78, 5) is 11.1. The molecule has 1 amide bonds. The fourth-order valence-corrected chi connectivity index (χ4v) is 1.37. The normalized spacial score (nSPS) is 18.6. The highest BCUT2D eigenvalue weighted by Crippen LogP contribution is 2.19. The summed E-state index contributed by atoms with van der Waals surface area (Å²) in [5, 5.41) is 2.84. The Hall–Kier alpha value is -1.05. The average Bonchev–Trinajstić information content (AvgIpc) is 2.14. The highest BCUT2D eigenvalue weighted by Gasteiger charge is 2.09. The van der Waals surface area contributed by atoms with Crippen LogP contribution in [0.1, 0.15) is 33.6 Å². The number of allylic oxidation sites excluding steroid dienone is 3. The highest BCUT2D eigenvalue weighted by molar-refractivity contribution is 5.80. The minimum absolute atomic E-state index is 0.0929. The Labute approximate surface area is 73.4 Å². The molecule has 2 nitrogen and oxygen atoms in total. The zero-order chi connectivity index (χ0) is 9.14. The van der Waals surface area contributed by atoms with E-state index in [1.165, 1.54) is 11.1 Å². The Kier molecular flexibility index (Phi) is 2.69. The van der Waals surface area contributed by atoms with Crippen LogP contribution < -0.4 is 5.32 Å². The maximum Gasteiger partial charge on any atom is 0.227 e. The summed E-state index contributed by atoms with van der Waals surface area (Å²) in [5.74, 6) is 0.0929. The van der Waals surface area contributed by atoms with Crippen LogP contribution in [0.3, 0.4) is 0 Å². The summed E-state index contributed by atoms with van der Waals surface area (Å²) < 4.78 is 0. The first-order valence-electron chi connectivity index (χ1n) is 4.32. The molecule has 66 valence electrons. The molecule has 0 spiro atoms. The first-order chi connectivity index (χ1) is 5.65. The van der Waals surface area contributed by atoms with Gasteiger partial charge in [-0.2, -0.15) is 0 Å². The van der Waals surface area contributed by atoms with Crippen molar-refractivity contribution in [2.45, 2.75) is 33.6 Å². The van der Waals surface area contributed by atoms with E-state index in [2.05, 4.69) is 19.2 Å². The lowest BCUT2D eigenvalue weighted by molar-refractivity contribution is -0.119. The molecule has 1 aliphatic heterocycles. The van der Waals surface area contributed by atoms with Crippen LogP contribution in [-0.2, 0) is 4.79 Å². The average molecular weight is 165 g/mol. The minimum Gasteiger partial charge on any atom is -0.330 e. The third kappa shape index (κ3) is 1.76. The van der Waals surface area contributed by atoms with E-state index in [-0.39, 0.29) is 5.91 Å². The Bertz CT molecular complexity index is 261. The van der Waals surface area contributed by atoms with Crippen LogP contribution in [-0.4, -0.2) is 5.91 Å². The molecule has 0 aromatic rings. The lowest BCUT2D eigenvalue weighted by atomic mass is 10.0. The monoisotopic (exact) mass is 165 g/mol. The van der Waals surface area contributed by atoms with Crippen molar-refractivity contribution in [2.75, 3.05) is 0 Å². The minimum atomic E-state index is 0.0929. The molecule has 0 saturated heterocycles. The van der Waals surface area contributed by atoms with Crippen molar-refractivity contribution in [1.29, 1.82) is 0 Å². The lowest BCUT2D eigenvalue weighted by Crippen LogP contribution is -2.19. The number of rotatable bonds is 1. The summed E-state index contributed by atoms with van der Waals surface area (Å²) >= 11 is 0. The summed E-state index contributed by atoms with van der Waals surface area (Å²) in [6.45, 7) is 6.11. The van der Waals surface area contributed by atoms with Crippen LogP contribution in [0.15, 0.2) is 22.9 Å². The molecule has 0 aromatic heterocycles. The number of hydrogen-bond acceptors (Lipinski definition) is 1. The van der Waals surface area contributed by atoms with Gasteiger partial charge in [-0.1, -0.05) is 13.0 Å². The van der Waals surface area contributed by atoms with Crippen molar-refractivity contribution in [3.05, 3.63) is 22.9 Å². The highest BCUT2D eigenvalue weighted by atomic mass is 16.1. The number of amides is 1. The summed E-state index contributed by atoms with van der Waals surface area (Å²) in [5.41, 5.74) is 3.49. The van der Waals surface area contributed by atoms with Gasteiger partial charge in [-0.15, -0.1) is 0 Å². The van der Waals surface area contributed by atoms with Gasteiger partial charge in [0.15, 0.2) is 0 Å². The quantitative estimate of drug-likeness (QED) is 0.633. The summed E-state index contributed by atoms with van der Waals surface area (Å²) in [6.07, 6.45) is 3.52. The van der Waals surface area contributed by atoms with Gasteiger partial charge in [0, 0.05) is 12.1 Å². The van der Waals surface area contributed by atoms with Crippen LogP contribution in [0.2, 0.25) is 0 Å². The smallest absolute Gasteiger partial charge is 0.227 e. The Morgan fingerprint density at radius 1 is 1.50 bits per heavy atom. The first-order valence-corrected chi connectivity index (χ1v) is 4.32. The van der Waals surface area contributed by atoms with E-state index < -0.39 is 0 Å². The topological polar surface area (TPSA) is 29.1 Å². The Morgan fingerprint density at radius 2 is 2.17 bits per heavy atom. The molecule has 0 unspecified atom stereocenters. The lowest BCUT2D eigenvalue weighted by Gasteiger charge is -2.06. The van der Waals surface area contributed by atoms with Gasteiger partial charge in [0.2, 0.25) is 5.91 Å². The van der Waals surface area contributed by atoms with Crippen molar-refractivity contribution < 1.29 is 4.79 Å². The molecule has 1 heterocycles. The molecular weight excluding hydrogens is 150 g/mol. The third-order valence-corrected chi connectivity index (χ3v) is 2.29. The molecule has 0 saturated carbocycles. The molecule has 0 bridgehead atoms. The number of carbonyl (C=O) groups excluding carboxylic acids is 1. The molecule has 2 heteroatoms. The molecule has 12 heavy (non-hydrogen) atoms. The Balaban J connectivity index is 2.99. The van der Waals surface area contributed by atoms with Gasteiger partial charge < -0.3 is 5.32 Å². The van der Waals surface area contributed by atoms with Gasteiger partial charge in [-0.25, -0.2) is 0 Å². The van der Waals surface area contributed by atoms with E-state index in [1.54, 1.807) is 0 Å². The second-order valence-electron chi connectivity index (χ2n) is 3.09. The van der Waals surface area contributed by atoms with Gasteiger partial charge >= 0.3 is 0 Å². The summed E-state index contributed by atoms with van der Waals surface area (Å²) in [6, 6.07) is 0. The van der Waals surface area contributed by atoms with Crippen LogP contribution >= 0.6 is 0 Å². The second-order valence-corrected chi connectivity index (χ2v) is 3.09. The van der Waals surface area contributed by atoms with Crippen LogP contribution in [0.25, 0.3) is 0 Å². The molecule has 1 N–H and O–H groups in total. The molecule has 0 radical (unpaired) electrons. The summed E-state index contributed by atoms with van der Waals surface area (Å²) in [7, 11) is 0. The molecule has 0 atom stereocenters. The maximum absolute atomic E-state index is 11.1. The van der Waals surface area contributed by atoms with Gasteiger partial charge in [0.05, 0.1) is 0 Å². The van der Waals surface area contributed by atoms with E-state index in [4.69, 9.17) is 0 Å². The van der Waals surface area contributed by atoms with Gasteiger partial charge in [0.1, 0.15) is 0 Å². The predicted molar refractivity (Wildman–Crippen MR) is 49.5 cm³/mol. The molecule has 1 rings (SSSR count). The molecule has 0 fully saturated rings. The van der Waals surface area contributed by atoms with Crippen molar-refractivity contribution in [3.8, 4) is 0 Å². The van der Waals surface area contributed by atoms with Gasteiger partial charge in [0.25, 0.3) is 0 Å². The van der Waals surface area contributed by atoms with Crippen molar-refractivity contribution in [2.24, 2.45) is 0 Å². The molecular formula is C10H15NO. The standard InChI is InChI=1S/C10H15NO/c1-4-9-5-6-10(12)11-8(3)7(9)2/h5H,4,6H2,1-3H3,(H,11,12). The van der Waals surface area contributed by atoms with Crippen molar-refractivity contribution >= 4 is 5.91 Å².